The number of nitrogens with zero attached hydrogens (tertiary/aromatic N) is 3. The van der Waals surface area contributed by atoms with Crippen molar-refractivity contribution in [2.75, 3.05) is 26.2 Å². The van der Waals surface area contributed by atoms with Crippen LogP contribution in [0.25, 0.3) is 10.8 Å². The standard InChI is InChI=1S/C20H21N5O3/c26-18(14-25-20(28)17-4-2-1-3-16(17)19(27)22-25)24-11-9-23(10-12-24)13-15-5-7-21-8-6-15/h1-8H,9-14H2,(H,22,27)/p+1. The molecular formula is C20H22N5O3+. The molecule has 1 fully saturated rings. The SMILES string of the molecule is O=C(Cn1[nH]c(=O)c2ccccc2c1=O)N1CC[NH+](Cc2ccncc2)CC1. The van der Waals surface area contributed by atoms with Crippen molar-refractivity contribution in [2.24, 2.45) is 0 Å². The minimum Gasteiger partial charge on any atom is -0.330 e. The number of aromatic nitrogens is 3. The highest BCUT2D eigenvalue weighted by Crippen LogP contribution is 2.03. The average Bonchev–Trinajstić information content (AvgIpc) is 2.73. The number of amides is 1. The first-order valence-corrected chi connectivity index (χ1v) is 9.34. The smallest absolute Gasteiger partial charge is 0.273 e. The molecule has 8 nitrogen and oxygen atoms in total. The van der Waals surface area contributed by atoms with Crippen molar-refractivity contribution in [3.8, 4) is 0 Å². The second-order valence-electron chi connectivity index (χ2n) is 7.04. The summed E-state index contributed by atoms with van der Waals surface area (Å²) in [6.45, 7) is 3.70. The van der Waals surface area contributed by atoms with Crippen LogP contribution in [0, 0.1) is 0 Å². The minimum atomic E-state index is -0.366. The average molecular weight is 380 g/mol. The maximum atomic E-state index is 12.7. The summed E-state index contributed by atoms with van der Waals surface area (Å²) >= 11 is 0. The summed E-state index contributed by atoms with van der Waals surface area (Å²) in [7, 11) is 0. The number of carbonyl (C=O) groups excluding carboxylic acids is 1. The molecule has 144 valence electrons. The lowest BCUT2D eigenvalue weighted by molar-refractivity contribution is -0.917. The number of carbonyl (C=O) groups is 1. The van der Waals surface area contributed by atoms with Crippen LogP contribution in [0.2, 0.25) is 0 Å². The van der Waals surface area contributed by atoms with Crippen LogP contribution in [0.5, 0.6) is 0 Å². The van der Waals surface area contributed by atoms with Gasteiger partial charge in [-0.1, -0.05) is 12.1 Å². The Labute approximate surface area is 161 Å². The van der Waals surface area contributed by atoms with Gasteiger partial charge < -0.3 is 9.80 Å². The van der Waals surface area contributed by atoms with Gasteiger partial charge in [-0.05, 0) is 24.3 Å². The number of H-pyrrole nitrogens is 1. The van der Waals surface area contributed by atoms with Crippen LogP contribution in [0.1, 0.15) is 5.56 Å². The number of fused-ring (bicyclic) bond motifs is 1. The van der Waals surface area contributed by atoms with Crippen LogP contribution in [0.4, 0.5) is 0 Å². The van der Waals surface area contributed by atoms with E-state index in [9.17, 15) is 14.4 Å². The quantitative estimate of drug-likeness (QED) is 0.608. The van der Waals surface area contributed by atoms with Crippen LogP contribution in [-0.4, -0.2) is 51.8 Å². The molecular weight excluding hydrogens is 358 g/mol. The number of hydrogen-bond acceptors (Lipinski definition) is 4. The summed E-state index contributed by atoms with van der Waals surface area (Å²) in [6.07, 6.45) is 3.58. The number of rotatable bonds is 4. The van der Waals surface area contributed by atoms with Crippen molar-refractivity contribution in [1.29, 1.82) is 0 Å². The molecule has 0 atom stereocenters. The second kappa shape index (κ2) is 7.77. The molecule has 8 heteroatoms. The molecule has 28 heavy (non-hydrogen) atoms. The zero-order valence-corrected chi connectivity index (χ0v) is 15.4. The molecule has 0 radical (unpaired) electrons. The highest BCUT2D eigenvalue weighted by Gasteiger charge is 2.24. The summed E-state index contributed by atoms with van der Waals surface area (Å²) in [4.78, 5) is 44.6. The Morgan fingerprint density at radius 1 is 1.04 bits per heavy atom. The van der Waals surface area contributed by atoms with E-state index in [0.29, 0.717) is 23.9 Å². The van der Waals surface area contributed by atoms with Gasteiger partial charge in [-0.3, -0.25) is 24.5 Å². The zero-order chi connectivity index (χ0) is 19.5. The van der Waals surface area contributed by atoms with Crippen molar-refractivity contribution in [3.05, 3.63) is 75.1 Å². The first-order valence-electron chi connectivity index (χ1n) is 9.34. The molecule has 4 rings (SSSR count). The maximum absolute atomic E-state index is 12.7. The van der Waals surface area contributed by atoms with Crippen molar-refractivity contribution in [2.45, 2.75) is 13.1 Å². The third-order valence-corrected chi connectivity index (χ3v) is 5.20. The van der Waals surface area contributed by atoms with Crippen molar-refractivity contribution in [1.82, 2.24) is 19.7 Å². The molecule has 3 heterocycles. The number of pyridine rings is 1. The minimum absolute atomic E-state index is 0.154. The summed E-state index contributed by atoms with van der Waals surface area (Å²) in [5, 5.41) is 3.18. The first kappa shape index (κ1) is 18.1. The Morgan fingerprint density at radius 2 is 1.71 bits per heavy atom. The lowest BCUT2D eigenvalue weighted by Crippen LogP contribution is -3.13. The van der Waals surface area contributed by atoms with E-state index in [1.165, 1.54) is 10.5 Å². The summed E-state index contributed by atoms with van der Waals surface area (Å²) in [6, 6.07) is 10.6. The lowest BCUT2D eigenvalue weighted by atomic mass is 10.2. The molecule has 2 aromatic heterocycles. The van der Waals surface area contributed by atoms with Crippen LogP contribution < -0.4 is 16.0 Å². The molecule has 2 N–H and O–H groups in total. The highest BCUT2D eigenvalue weighted by molar-refractivity contribution is 5.81. The van der Waals surface area contributed by atoms with E-state index in [0.717, 1.165) is 24.3 Å². The van der Waals surface area contributed by atoms with Gasteiger partial charge in [-0.15, -0.1) is 0 Å². The van der Waals surface area contributed by atoms with Crippen molar-refractivity contribution >= 4 is 16.7 Å². The van der Waals surface area contributed by atoms with Gasteiger partial charge in [0.2, 0.25) is 5.91 Å². The molecule has 0 unspecified atom stereocenters. The van der Waals surface area contributed by atoms with Gasteiger partial charge in [-0.2, -0.15) is 0 Å². The monoisotopic (exact) mass is 380 g/mol. The Kier molecular flexibility index (Phi) is 5.03. The van der Waals surface area contributed by atoms with E-state index in [1.54, 1.807) is 41.6 Å². The first-order chi connectivity index (χ1) is 13.6. The third-order valence-electron chi connectivity index (χ3n) is 5.20. The van der Waals surface area contributed by atoms with E-state index in [1.807, 2.05) is 12.1 Å². The Morgan fingerprint density at radius 3 is 2.43 bits per heavy atom. The molecule has 0 bridgehead atoms. The van der Waals surface area contributed by atoms with Crippen molar-refractivity contribution < 1.29 is 9.69 Å². The van der Waals surface area contributed by atoms with Crippen molar-refractivity contribution in [3.63, 3.8) is 0 Å². The van der Waals surface area contributed by atoms with Gasteiger partial charge in [0.1, 0.15) is 13.1 Å². The zero-order valence-electron chi connectivity index (χ0n) is 15.4. The molecule has 3 aromatic rings. The van der Waals surface area contributed by atoms with E-state index in [4.69, 9.17) is 0 Å². The normalized spacial score (nSPS) is 15.1. The van der Waals surface area contributed by atoms with Gasteiger partial charge in [0.05, 0.1) is 37.0 Å². The maximum Gasteiger partial charge on any atom is 0.273 e. The molecule has 1 saturated heterocycles. The summed E-state index contributed by atoms with van der Waals surface area (Å²) in [5.74, 6) is -0.156. The fourth-order valence-electron chi connectivity index (χ4n) is 3.63. The lowest BCUT2D eigenvalue weighted by Gasteiger charge is -2.32. The Hall–Kier alpha value is -3.26. The van der Waals surface area contributed by atoms with Gasteiger partial charge >= 0.3 is 0 Å². The number of piperazine rings is 1. The van der Waals surface area contributed by atoms with Crippen LogP contribution in [0.3, 0.4) is 0 Å². The number of nitrogens with one attached hydrogen (secondary N) is 2. The van der Waals surface area contributed by atoms with E-state index >= 15 is 0 Å². The second-order valence-corrected chi connectivity index (χ2v) is 7.04. The molecule has 0 aliphatic carbocycles. The molecule has 1 amide bonds. The predicted octanol–water partition coefficient (Wildman–Crippen LogP) is -0.988. The van der Waals surface area contributed by atoms with E-state index in [-0.39, 0.29) is 23.6 Å². The molecule has 0 spiro atoms. The van der Waals surface area contributed by atoms with Gasteiger partial charge in [0, 0.05) is 18.0 Å². The van der Waals surface area contributed by atoms with Gasteiger partial charge in [-0.25, -0.2) is 4.68 Å². The Balaban J connectivity index is 1.41. The number of benzene rings is 1. The van der Waals surface area contributed by atoms with Crippen LogP contribution >= 0.6 is 0 Å². The molecule has 1 aliphatic heterocycles. The fourth-order valence-corrected chi connectivity index (χ4v) is 3.63. The predicted molar refractivity (Wildman–Crippen MR) is 104 cm³/mol. The summed E-state index contributed by atoms with van der Waals surface area (Å²) in [5.41, 5.74) is 0.505. The number of hydrogen-bond donors (Lipinski definition) is 2. The van der Waals surface area contributed by atoms with E-state index < -0.39 is 0 Å². The highest BCUT2D eigenvalue weighted by atomic mass is 16.2. The molecule has 1 aromatic carbocycles. The molecule has 1 aliphatic rings. The van der Waals surface area contributed by atoms with Crippen LogP contribution in [-0.2, 0) is 17.9 Å². The van der Waals surface area contributed by atoms with Gasteiger partial charge in [0.25, 0.3) is 11.1 Å². The van der Waals surface area contributed by atoms with Gasteiger partial charge in [0.15, 0.2) is 0 Å². The topological polar surface area (TPSA) is 92.5 Å². The van der Waals surface area contributed by atoms with E-state index in [2.05, 4.69) is 10.1 Å². The Bertz CT molecular complexity index is 1100. The number of aromatic amines is 1. The summed E-state index contributed by atoms with van der Waals surface area (Å²) < 4.78 is 1.11. The van der Waals surface area contributed by atoms with Crippen LogP contribution in [0.15, 0.2) is 58.4 Å². The number of quaternary nitrogens is 1. The fraction of sp³-hybridized carbons (Fsp3) is 0.300. The molecule has 0 saturated carbocycles. The largest absolute Gasteiger partial charge is 0.330 e. The third kappa shape index (κ3) is 3.72.